The van der Waals surface area contributed by atoms with Gasteiger partial charge in [0.05, 0.1) is 18.0 Å². The van der Waals surface area contributed by atoms with E-state index in [0.29, 0.717) is 30.9 Å². The van der Waals surface area contributed by atoms with E-state index in [1.54, 1.807) is 31.4 Å². The highest BCUT2D eigenvalue weighted by Crippen LogP contribution is 2.22. The van der Waals surface area contributed by atoms with Crippen molar-refractivity contribution in [2.45, 2.75) is 31.0 Å². The van der Waals surface area contributed by atoms with Gasteiger partial charge in [0.15, 0.2) is 9.84 Å². The molecule has 0 aliphatic carbocycles. The smallest absolute Gasteiger partial charge is 0.229 e. The van der Waals surface area contributed by atoms with Crippen LogP contribution in [0, 0.1) is 0 Å². The van der Waals surface area contributed by atoms with Gasteiger partial charge in [-0.25, -0.2) is 8.42 Å². The number of hydrogen-bond acceptors (Lipinski definition) is 9. The second kappa shape index (κ2) is 11.7. The van der Waals surface area contributed by atoms with E-state index in [0.717, 1.165) is 22.4 Å². The van der Waals surface area contributed by atoms with Crippen molar-refractivity contribution in [2.75, 3.05) is 29.3 Å². The molecule has 0 bridgehead atoms. The second-order valence-corrected chi connectivity index (χ2v) is 10.6. The van der Waals surface area contributed by atoms with Gasteiger partial charge in [-0.1, -0.05) is 54.6 Å². The Bertz CT molecular complexity index is 1430. The normalized spacial score (nSPS) is 12.0. The van der Waals surface area contributed by atoms with E-state index in [9.17, 15) is 8.42 Å². The molecule has 9 nitrogen and oxygen atoms in total. The Morgan fingerprint density at radius 2 is 1.38 bits per heavy atom. The molecule has 0 aliphatic heterocycles. The molecule has 0 spiro atoms. The van der Waals surface area contributed by atoms with Crippen molar-refractivity contribution in [2.24, 2.45) is 0 Å². The molecule has 3 N–H and O–H groups in total. The molecule has 3 aromatic carbocycles. The van der Waals surface area contributed by atoms with Gasteiger partial charge in [-0.15, -0.1) is 0 Å². The molecule has 1 unspecified atom stereocenters. The minimum atomic E-state index is -3.24. The molecule has 4 aromatic rings. The van der Waals surface area contributed by atoms with Crippen LogP contribution in [0.15, 0.2) is 83.8 Å². The fourth-order valence-electron chi connectivity index (χ4n) is 3.60. The number of methoxy groups -OCH3 is 1. The zero-order chi connectivity index (χ0) is 26.3. The molecule has 0 fully saturated rings. The molecule has 1 aromatic heterocycles. The number of nitrogens with one attached hydrogen (secondary N) is 3. The van der Waals surface area contributed by atoms with Crippen molar-refractivity contribution in [3.05, 3.63) is 95.6 Å². The standard InChI is InChI=1S/C27H30N6O3S/c1-19(22-10-7-11-23(16-22)36-2)30-27-32-25(28-17-20-8-5-4-6-9-20)31-26(33-27)29-18-21-12-14-24(15-13-21)37(3,34)35/h4-16,19H,17-18H2,1-3H3,(H3,28,29,30,31,32,33). The van der Waals surface area contributed by atoms with Crippen LogP contribution >= 0.6 is 0 Å². The topological polar surface area (TPSA) is 118 Å². The fourth-order valence-corrected chi connectivity index (χ4v) is 4.23. The van der Waals surface area contributed by atoms with Crippen LogP contribution in [0.1, 0.15) is 29.7 Å². The van der Waals surface area contributed by atoms with Crippen LogP contribution in [0.3, 0.4) is 0 Å². The molecule has 4 rings (SSSR count). The lowest BCUT2D eigenvalue weighted by Gasteiger charge is -2.17. The summed E-state index contributed by atoms with van der Waals surface area (Å²) in [5.41, 5.74) is 3.02. The summed E-state index contributed by atoms with van der Waals surface area (Å²) in [7, 11) is -1.60. The lowest BCUT2D eigenvalue weighted by molar-refractivity contribution is 0.414. The maximum atomic E-state index is 11.7. The van der Waals surface area contributed by atoms with E-state index in [4.69, 9.17) is 4.74 Å². The van der Waals surface area contributed by atoms with Gasteiger partial charge < -0.3 is 20.7 Å². The number of aromatic nitrogens is 3. The number of ether oxygens (including phenoxy) is 1. The summed E-state index contributed by atoms with van der Waals surface area (Å²) in [4.78, 5) is 13.9. The maximum Gasteiger partial charge on any atom is 0.229 e. The van der Waals surface area contributed by atoms with E-state index in [1.807, 2.05) is 61.5 Å². The van der Waals surface area contributed by atoms with E-state index in [2.05, 4.69) is 30.9 Å². The predicted octanol–water partition coefficient (Wildman–Crippen LogP) is 4.68. The van der Waals surface area contributed by atoms with Gasteiger partial charge in [0.1, 0.15) is 5.75 Å². The fraction of sp³-hybridized carbons (Fsp3) is 0.222. The third-order valence-corrected chi connectivity index (χ3v) is 6.80. The monoisotopic (exact) mass is 518 g/mol. The quantitative estimate of drug-likeness (QED) is 0.260. The highest BCUT2D eigenvalue weighted by molar-refractivity contribution is 7.90. The van der Waals surface area contributed by atoms with Crippen LogP contribution in [0.4, 0.5) is 17.8 Å². The Balaban J connectivity index is 1.53. The summed E-state index contributed by atoms with van der Waals surface area (Å²) < 4.78 is 28.8. The van der Waals surface area contributed by atoms with E-state index in [-0.39, 0.29) is 10.9 Å². The first kappa shape index (κ1) is 25.9. The predicted molar refractivity (Wildman–Crippen MR) is 146 cm³/mol. The number of sulfone groups is 1. The van der Waals surface area contributed by atoms with Gasteiger partial charge in [-0.2, -0.15) is 15.0 Å². The first-order chi connectivity index (χ1) is 17.8. The largest absolute Gasteiger partial charge is 0.497 e. The molecule has 1 heterocycles. The summed E-state index contributed by atoms with van der Waals surface area (Å²) >= 11 is 0. The molecule has 0 saturated heterocycles. The highest BCUT2D eigenvalue weighted by atomic mass is 32.2. The van der Waals surface area contributed by atoms with Crippen molar-refractivity contribution in [3.63, 3.8) is 0 Å². The molecular weight excluding hydrogens is 488 g/mol. The Labute approximate surface area is 217 Å². The average Bonchev–Trinajstić information content (AvgIpc) is 2.91. The van der Waals surface area contributed by atoms with E-state index < -0.39 is 9.84 Å². The Morgan fingerprint density at radius 1 is 0.784 bits per heavy atom. The molecule has 37 heavy (non-hydrogen) atoms. The first-order valence-corrected chi connectivity index (χ1v) is 13.7. The van der Waals surface area contributed by atoms with Gasteiger partial charge in [0, 0.05) is 19.3 Å². The number of anilines is 3. The van der Waals surface area contributed by atoms with Crippen LogP contribution in [-0.4, -0.2) is 36.7 Å². The minimum absolute atomic E-state index is 0.0872. The highest BCUT2D eigenvalue weighted by Gasteiger charge is 2.12. The summed E-state index contributed by atoms with van der Waals surface area (Å²) in [6, 6.07) is 24.4. The van der Waals surface area contributed by atoms with Crippen molar-refractivity contribution >= 4 is 27.7 Å². The zero-order valence-electron chi connectivity index (χ0n) is 21.0. The molecule has 1 atom stereocenters. The van der Waals surface area contributed by atoms with Crippen molar-refractivity contribution in [1.82, 2.24) is 15.0 Å². The average molecular weight is 519 g/mol. The summed E-state index contributed by atoms with van der Waals surface area (Å²) in [6.45, 7) is 2.99. The van der Waals surface area contributed by atoms with Crippen LogP contribution in [-0.2, 0) is 22.9 Å². The maximum absolute atomic E-state index is 11.7. The van der Waals surface area contributed by atoms with Gasteiger partial charge >= 0.3 is 0 Å². The third kappa shape index (κ3) is 7.40. The molecule has 192 valence electrons. The van der Waals surface area contributed by atoms with E-state index in [1.165, 1.54) is 6.26 Å². The Kier molecular flexibility index (Phi) is 8.19. The number of nitrogens with zero attached hydrogens (tertiary/aromatic N) is 3. The SMILES string of the molecule is COc1cccc(C(C)Nc2nc(NCc3ccccc3)nc(NCc3ccc(S(C)(=O)=O)cc3)n2)c1. The summed E-state index contributed by atoms with van der Waals surface area (Å²) in [6.07, 6.45) is 1.19. The van der Waals surface area contributed by atoms with Gasteiger partial charge in [-0.3, -0.25) is 0 Å². The van der Waals surface area contributed by atoms with Crippen LogP contribution in [0.2, 0.25) is 0 Å². The summed E-state index contributed by atoms with van der Waals surface area (Å²) in [5.74, 6) is 2.00. The lowest BCUT2D eigenvalue weighted by atomic mass is 10.1. The van der Waals surface area contributed by atoms with Gasteiger partial charge in [0.2, 0.25) is 17.8 Å². The number of hydrogen-bond donors (Lipinski definition) is 3. The van der Waals surface area contributed by atoms with Crippen molar-refractivity contribution in [1.29, 1.82) is 0 Å². The molecule has 10 heteroatoms. The van der Waals surface area contributed by atoms with Crippen LogP contribution in [0.5, 0.6) is 5.75 Å². The van der Waals surface area contributed by atoms with E-state index >= 15 is 0 Å². The Morgan fingerprint density at radius 3 is 1.97 bits per heavy atom. The van der Waals surface area contributed by atoms with Crippen molar-refractivity contribution < 1.29 is 13.2 Å². The minimum Gasteiger partial charge on any atom is -0.497 e. The van der Waals surface area contributed by atoms with Crippen molar-refractivity contribution in [3.8, 4) is 5.75 Å². The number of benzene rings is 3. The van der Waals surface area contributed by atoms with Crippen LogP contribution in [0.25, 0.3) is 0 Å². The lowest BCUT2D eigenvalue weighted by Crippen LogP contribution is -2.14. The van der Waals surface area contributed by atoms with Crippen LogP contribution < -0.4 is 20.7 Å². The molecule has 0 amide bonds. The second-order valence-electron chi connectivity index (χ2n) is 8.56. The van der Waals surface area contributed by atoms with Gasteiger partial charge in [0.25, 0.3) is 0 Å². The molecular formula is C27H30N6O3S. The summed E-state index contributed by atoms with van der Waals surface area (Å²) in [5, 5.41) is 9.83. The third-order valence-electron chi connectivity index (χ3n) is 5.67. The molecule has 0 aliphatic rings. The molecule has 0 radical (unpaired) electrons. The number of rotatable bonds is 11. The Hall–Kier alpha value is -4.18. The first-order valence-electron chi connectivity index (χ1n) is 11.8. The molecule has 0 saturated carbocycles. The zero-order valence-corrected chi connectivity index (χ0v) is 21.8. The van der Waals surface area contributed by atoms with Gasteiger partial charge in [-0.05, 0) is 47.9 Å².